The van der Waals surface area contributed by atoms with Crippen LogP contribution in [0.3, 0.4) is 0 Å². The summed E-state index contributed by atoms with van der Waals surface area (Å²) in [6.45, 7) is 1.85. The van der Waals surface area contributed by atoms with Gasteiger partial charge < -0.3 is 14.8 Å². The van der Waals surface area contributed by atoms with Crippen molar-refractivity contribution < 1.29 is 33.2 Å². The average Bonchev–Trinajstić information content (AvgIpc) is 2.42. The Labute approximate surface area is 126 Å². The number of hydrogen-bond donors (Lipinski definition) is 2. The van der Waals surface area contributed by atoms with E-state index in [-0.39, 0.29) is 29.9 Å². The van der Waals surface area contributed by atoms with Gasteiger partial charge in [0, 0.05) is 18.7 Å². The highest BCUT2D eigenvalue weighted by atomic mass is 19.2. The predicted molar refractivity (Wildman–Crippen MR) is 73.9 cm³/mol. The van der Waals surface area contributed by atoms with Crippen LogP contribution in [-0.4, -0.2) is 29.0 Å². The molecule has 0 aliphatic carbocycles. The first-order chi connectivity index (χ1) is 10.3. The van der Waals surface area contributed by atoms with Crippen LogP contribution >= 0.6 is 0 Å². The van der Waals surface area contributed by atoms with E-state index in [1.165, 1.54) is 0 Å². The van der Waals surface area contributed by atoms with Gasteiger partial charge in [-0.25, -0.2) is 13.6 Å². The average molecular weight is 312 g/mol. The lowest BCUT2D eigenvalue weighted by molar-refractivity contribution is -0.119. The third-order valence-electron chi connectivity index (χ3n) is 3.61. The van der Waals surface area contributed by atoms with Gasteiger partial charge >= 0.3 is 13.1 Å². The molecule has 1 aliphatic heterocycles. The summed E-state index contributed by atoms with van der Waals surface area (Å²) in [7, 11) is -1.43. The number of carboxylic acid groups (broad SMARTS) is 1. The second kappa shape index (κ2) is 6.43. The summed E-state index contributed by atoms with van der Waals surface area (Å²) in [6, 6.07) is 0.848. The molecule has 118 valence electrons. The van der Waals surface area contributed by atoms with Crippen LogP contribution in [0.25, 0.3) is 0 Å². The molecule has 1 atom stereocenters. The Morgan fingerprint density at radius 2 is 2.14 bits per heavy atom. The molecule has 2 rings (SSSR count). The van der Waals surface area contributed by atoms with Crippen LogP contribution in [0.2, 0.25) is 5.82 Å². The highest BCUT2D eigenvalue weighted by Crippen LogP contribution is 2.38. The molecule has 1 aromatic carbocycles. The quantitative estimate of drug-likeness (QED) is 0.814. The smallest absolute Gasteiger partial charge is 0.526 e. The first-order valence-corrected chi connectivity index (χ1v) is 6.95. The molecule has 22 heavy (non-hydrogen) atoms. The molecule has 0 saturated heterocycles. The van der Waals surface area contributed by atoms with Gasteiger partial charge in [0.05, 0.1) is 0 Å². The number of rotatable bonds is 5. The van der Waals surface area contributed by atoms with E-state index in [1.54, 1.807) is 0 Å². The largest absolute Gasteiger partial charge is 0.535 e. The lowest BCUT2D eigenvalue weighted by Gasteiger charge is -2.28. The maximum Gasteiger partial charge on any atom is 0.526 e. The van der Waals surface area contributed by atoms with E-state index < -0.39 is 36.1 Å². The van der Waals surface area contributed by atoms with Gasteiger partial charge in [-0.1, -0.05) is 6.92 Å². The van der Waals surface area contributed by atoms with Gasteiger partial charge in [-0.05, 0) is 24.5 Å². The summed E-state index contributed by atoms with van der Waals surface area (Å²) in [5, 5.41) is 18.9. The Balaban J connectivity index is 2.34. The van der Waals surface area contributed by atoms with Gasteiger partial charge in [0.1, 0.15) is 17.1 Å². The highest BCUT2D eigenvalue weighted by molar-refractivity contribution is 6.47. The lowest BCUT2D eigenvalue weighted by atomic mass is 9.64. The van der Waals surface area contributed by atoms with Gasteiger partial charge in [0.25, 0.3) is 0 Å². The fourth-order valence-corrected chi connectivity index (χ4v) is 2.59. The summed E-state index contributed by atoms with van der Waals surface area (Å²) in [5.74, 6) is -5.56. The van der Waals surface area contributed by atoms with Crippen LogP contribution in [0.1, 0.15) is 42.1 Å². The van der Waals surface area contributed by atoms with E-state index in [9.17, 15) is 23.4 Å². The Bertz CT molecular complexity index is 620. The number of carbonyl (C=O) groups excluding carboxylic acids is 1. The molecule has 0 bridgehead atoms. The zero-order chi connectivity index (χ0) is 16.4. The topological polar surface area (TPSA) is 83.8 Å². The summed E-state index contributed by atoms with van der Waals surface area (Å²) in [5.41, 5.74) is -0.803. The van der Waals surface area contributed by atoms with Crippen LogP contribution in [0, 0.1) is 11.6 Å². The molecular weight excluding hydrogens is 297 g/mol. The molecular formula is C14H15BF2O5. The minimum absolute atomic E-state index is 0.0375. The number of benzene rings is 1. The highest BCUT2D eigenvalue weighted by Gasteiger charge is 2.39. The van der Waals surface area contributed by atoms with E-state index in [4.69, 9.17) is 9.76 Å². The molecule has 0 aromatic heterocycles. The van der Waals surface area contributed by atoms with Gasteiger partial charge in [-0.2, -0.15) is 0 Å². The molecule has 0 unspecified atom stereocenters. The molecule has 1 aromatic rings. The molecule has 8 heteroatoms. The van der Waals surface area contributed by atoms with E-state index in [0.29, 0.717) is 12.8 Å². The van der Waals surface area contributed by atoms with Crippen molar-refractivity contribution in [1.82, 2.24) is 0 Å². The Morgan fingerprint density at radius 3 is 2.73 bits per heavy atom. The van der Waals surface area contributed by atoms with E-state index in [0.717, 1.165) is 6.07 Å². The Morgan fingerprint density at radius 1 is 1.45 bits per heavy atom. The van der Waals surface area contributed by atoms with Crippen LogP contribution in [-0.2, 0) is 11.2 Å². The molecule has 1 heterocycles. The molecule has 0 fully saturated rings. The minimum atomic E-state index is -1.68. The van der Waals surface area contributed by atoms with E-state index >= 15 is 0 Å². The SMILES string of the molecule is CCCC(=O)C[C@H]1Cc2cc(F)c(F)c(C(=O)O)c2OB1O. The van der Waals surface area contributed by atoms with Gasteiger partial charge in [0.2, 0.25) is 0 Å². The maximum atomic E-state index is 13.6. The van der Waals surface area contributed by atoms with Crippen LogP contribution in [0.4, 0.5) is 8.78 Å². The summed E-state index contributed by atoms with van der Waals surface area (Å²) >= 11 is 0. The van der Waals surface area contributed by atoms with Crippen LogP contribution < -0.4 is 4.65 Å². The molecule has 0 amide bonds. The maximum absolute atomic E-state index is 13.6. The van der Waals surface area contributed by atoms with Gasteiger partial charge in [-0.15, -0.1) is 0 Å². The second-order valence-electron chi connectivity index (χ2n) is 5.31. The zero-order valence-corrected chi connectivity index (χ0v) is 11.9. The van der Waals surface area contributed by atoms with Crippen molar-refractivity contribution in [3.8, 4) is 5.75 Å². The number of carbonyl (C=O) groups is 2. The fraction of sp³-hybridized carbons (Fsp3) is 0.429. The number of halogens is 2. The van der Waals surface area contributed by atoms with Crippen LogP contribution in [0.15, 0.2) is 6.07 Å². The summed E-state index contributed by atoms with van der Waals surface area (Å²) in [6.07, 6.45) is 1.11. The standard InChI is InChI=1S/C14H15BF2O5/c1-2-3-9(18)6-8-4-7-5-10(16)12(17)11(14(19)20)13(7)22-15(8)21/h5,8,21H,2-4,6H2,1H3,(H,19,20)/t8-/m1/s1. The first kappa shape index (κ1) is 16.4. The minimum Gasteiger partial charge on any atom is -0.535 e. The van der Waals surface area contributed by atoms with Crippen molar-refractivity contribution in [2.75, 3.05) is 0 Å². The fourth-order valence-electron chi connectivity index (χ4n) is 2.59. The summed E-state index contributed by atoms with van der Waals surface area (Å²) < 4.78 is 32.2. The van der Waals surface area contributed by atoms with Crippen molar-refractivity contribution >= 4 is 18.9 Å². The molecule has 0 saturated carbocycles. The third-order valence-corrected chi connectivity index (χ3v) is 3.61. The Kier molecular flexibility index (Phi) is 4.80. The van der Waals surface area contributed by atoms with Gasteiger partial charge in [0.15, 0.2) is 11.6 Å². The number of Topliss-reactive ketones (excluding diaryl/α,β-unsaturated/α-hetero) is 1. The third kappa shape index (κ3) is 3.11. The number of aromatic carboxylic acids is 1. The van der Waals surface area contributed by atoms with Gasteiger partial charge in [-0.3, -0.25) is 4.79 Å². The van der Waals surface area contributed by atoms with Crippen molar-refractivity contribution in [2.45, 2.75) is 38.4 Å². The zero-order valence-electron chi connectivity index (χ0n) is 11.9. The van der Waals surface area contributed by atoms with Crippen molar-refractivity contribution in [3.05, 3.63) is 28.8 Å². The monoisotopic (exact) mass is 312 g/mol. The van der Waals surface area contributed by atoms with Crippen LogP contribution in [0.5, 0.6) is 5.75 Å². The number of hydrogen-bond acceptors (Lipinski definition) is 4. The number of fused-ring (bicyclic) bond motifs is 1. The van der Waals surface area contributed by atoms with Crippen molar-refractivity contribution in [2.24, 2.45) is 0 Å². The van der Waals surface area contributed by atoms with Crippen molar-refractivity contribution in [3.63, 3.8) is 0 Å². The first-order valence-electron chi connectivity index (χ1n) is 6.95. The van der Waals surface area contributed by atoms with E-state index in [1.807, 2.05) is 6.92 Å². The second-order valence-corrected chi connectivity index (χ2v) is 5.31. The van der Waals surface area contributed by atoms with E-state index in [2.05, 4.69) is 0 Å². The number of carboxylic acids is 1. The molecule has 1 aliphatic rings. The molecule has 2 N–H and O–H groups in total. The normalized spacial score (nSPS) is 16.9. The predicted octanol–water partition coefficient (Wildman–Crippen LogP) is 2.21. The molecule has 5 nitrogen and oxygen atoms in total. The lowest BCUT2D eigenvalue weighted by Crippen LogP contribution is -2.36. The van der Waals surface area contributed by atoms with Crippen molar-refractivity contribution in [1.29, 1.82) is 0 Å². The Hall–Kier alpha value is -1.96. The molecule has 0 spiro atoms. The summed E-state index contributed by atoms with van der Waals surface area (Å²) in [4.78, 5) is 22.7. The number of ketones is 1. The molecule has 0 radical (unpaired) electrons.